The molecule has 0 saturated heterocycles. The maximum Gasteiger partial charge on any atom is 0.293 e. The van der Waals surface area contributed by atoms with E-state index in [9.17, 15) is 13.2 Å². The topological polar surface area (TPSA) is 72.5 Å². The number of benzene rings is 1. The number of hydrogen-bond donors (Lipinski definition) is 1. The fourth-order valence-corrected chi connectivity index (χ4v) is 3.42. The zero-order chi connectivity index (χ0) is 16.6. The van der Waals surface area contributed by atoms with E-state index in [-0.39, 0.29) is 11.9 Å². The first-order valence-electron chi connectivity index (χ1n) is 7.16. The van der Waals surface area contributed by atoms with E-state index >= 15 is 0 Å². The SMILES string of the molecule is C=CCS(=O)(=O)C1CCc2ccccc2N1.CC(C)OC=O. The highest BCUT2D eigenvalue weighted by atomic mass is 32.2. The van der Waals surface area contributed by atoms with Gasteiger partial charge in [0.1, 0.15) is 5.37 Å². The molecule has 6 heteroatoms. The van der Waals surface area contributed by atoms with Gasteiger partial charge < -0.3 is 10.1 Å². The van der Waals surface area contributed by atoms with Crippen molar-refractivity contribution in [3.8, 4) is 0 Å². The smallest absolute Gasteiger partial charge is 0.293 e. The molecule has 22 heavy (non-hydrogen) atoms. The van der Waals surface area contributed by atoms with Gasteiger partial charge in [-0.3, -0.25) is 4.79 Å². The molecule has 0 aliphatic carbocycles. The van der Waals surface area contributed by atoms with Crippen molar-refractivity contribution in [1.29, 1.82) is 0 Å². The van der Waals surface area contributed by atoms with Crippen LogP contribution in [-0.2, 0) is 25.8 Å². The van der Waals surface area contributed by atoms with Crippen molar-refractivity contribution in [3.05, 3.63) is 42.5 Å². The first-order chi connectivity index (χ1) is 10.4. The zero-order valence-corrected chi connectivity index (χ0v) is 13.8. The Hall–Kier alpha value is -1.82. The number of nitrogens with one attached hydrogen (secondary N) is 1. The van der Waals surface area contributed by atoms with E-state index in [1.54, 1.807) is 13.8 Å². The van der Waals surface area contributed by atoms with Gasteiger partial charge in [-0.2, -0.15) is 0 Å². The number of carbonyl (C=O) groups excluding carboxylic acids is 1. The van der Waals surface area contributed by atoms with Crippen LogP contribution in [0.15, 0.2) is 36.9 Å². The minimum Gasteiger partial charge on any atom is -0.465 e. The van der Waals surface area contributed by atoms with Crippen molar-refractivity contribution in [3.63, 3.8) is 0 Å². The Bertz CT molecular complexity index is 596. The normalized spacial score (nSPS) is 16.6. The van der Waals surface area contributed by atoms with Crippen LogP contribution in [0.3, 0.4) is 0 Å². The van der Waals surface area contributed by atoms with E-state index in [2.05, 4.69) is 16.6 Å². The Morgan fingerprint density at radius 2 is 2.09 bits per heavy atom. The van der Waals surface area contributed by atoms with Crippen molar-refractivity contribution < 1.29 is 17.9 Å². The summed E-state index contributed by atoms with van der Waals surface area (Å²) in [5.74, 6) is 0.0346. The third-order valence-corrected chi connectivity index (χ3v) is 5.04. The van der Waals surface area contributed by atoms with Crippen LogP contribution in [0.25, 0.3) is 0 Å². The Labute approximate surface area is 132 Å². The summed E-state index contributed by atoms with van der Waals surface area (Å²) in [5, 5.41) is 2.61. The minimum absolute atomic E-state index is 0.0301. The Morgan fingerprint density at radius 3 is 2.64 bits per heavy atom. The van der Waals surface area contributed by atoms with Gasteiger partial charge in [0.2, 0.25) is 0 Å². The molecule has 1 unspecified atom stereocenters. The van der Waals surface area contributed by atoms with Crippen LogP contribution in [0, 0.1) is 0 Å². The molecule has 0 aromatic heterocycles. The predicted octanol–water partition coefficient (Wildman–Crippen LogP) is 2.54. The van der Waals surface area contributed by atoms with Crippen LogP contribution in [0.4, 0.5) is 5.69 Å². The fourth-order valence-electron chi connectivity index (χ4n) is 2.07. The van der Waals surface area contributed by atoms with Crippen molar-refractivity contribution >= 4 is 22.0 Å². The predicted molar refractivity (Wildman–Crippen MR) is 88.4 cm³/mol. The maximum absolute atomic E-state index is 11.9. The maximum atomic E-state index is 11.9. The first-order valence-corrected chi connectivity index (χ1v) is 8.88. The molecule has 0 saturated carbocycles. The van der Waals surface area contributed by atoms with E-state index in [0.717, 1.165) is 12.1 Å². The molecule has 0 fully saturated rings. The molecule has 1 heterocycles. The van der Waals surface area contributed by atoms with E-state index in [1.807, 2.05) is 24.3 Å². The van der Waals surface area contributed by atoms with E-state index < -0.39 is 15.2 Å². The lowest BCUT2D eigenvalue weighted by Gasteiger charge is -2.26. The standard InChI is InChI=1S/C12H15NO2S.C4H8O2/c1-2-9-16(14,15)12-8-7-10-5-3-4-6-11(10)13-12;1-4(2)6-3-5/h2-6,12-13H,1,7-9H2;3-4H,1-2H3. The zero-order valence-electron chi connectivity index (χ0n) is 13.0. The number of aryl methyl sites for hydroxylation is 1. The number of anilines is 1. The lowest BCUT2D eigenvalue weighted by Crippen LogP contribution is -2.34. The molecule has 122 valence electrons. The highest BCUT2D eigenvalue weighted by Crippen LogP contribution is 2.26. The molecule has 0 spiro atoms. The molecule has 0 amide bonds. The molecular weight excluding hydrogens is 302 g/mol. The fraction of sp³-hybridized carbons (Fsp3) is 0.438. The van der Waals surface area contributed by atoms with E-state index in [1.165, 1.54) is 11.6 Å². The molecule has 1 aliphatic heterocycles. The lowest BCUT2D eigenvalue weighted by atomic mass is 10.0. The van der Waals surface area contributed by atoms with Crippen LogP contribution < -0.4 is 5.32 Å². The Kier molecular flexibility index (Phi) is 7.11. The van der Waals surface area contributed by atoms with Crippen LogP contribution >= 0.6 is 0 Å². The van der Waals surface area contributed by atoms with Crippen molar-refractivity contribution in [2.75, 3.05) is 11.1 Å². The van der Waals surface area contributed by atoms with E-state index in [0.29, 0.717) is 12.9 Å². The number of fused-ring (bicyclic) bond motifs is 1. The van der Waals surface area contributed by atoms with E-state index in [4.69, 9.17) is 0 Å². The molecule has 0 radical (unpaired) electrons. The molecule has 2 rings (SSSR count). The molecule has 1 aromatic carbocycles. The Balaban J connectivity index is 0.000000346. The second-order valence-electron chi connectivity index (χ2n) is 5.23. The molecular formula is C16H23NO4S. The summed E-state index contributed by atoms with van der Waals surface area (Å²) < 4.78 is 28.1. The highest BCUT2D eigenvalue weighted by molar-refractivity contribution is 7.92. The number of ether oxygens (including phenoxy) is 1. The second kappa shape index (κ2) is 8.58. The summed E-state index contributed by atoms with van der Waals surface area (Å²) >= 11 is 0. The van der Waals surface area contributed by atoms with Crippen LogP contribution in [0.2, 0.25) is 0 Å². The van der Waals surface area contributed by atoms with Gasteiger partial charge in [-0.15, -0.1) is 6.58 Å². The largest absolute Gasteiger partial charge is 0.465 e. The third-order valence-electron chi connectivity index (χ3n) is 3.12. The molecule has 0 bridgehead atoms. The summed E-state index contributed by atoms with van der Waals surface area (Å²) in [6.45, 7) is 7.53. The number of hydrogen-bond acceptors (Lipinski definition) is 5. The van der Waals surface area contributed by atoms with Gasteiger partial charge in [0.15, 0.2) is 9.84 Å². The number of rotatable bonds is 5. The monoisotopic (exact) mass is 325 g/mol. The summed E-state index contributed by atoms with van der Waals surface area (Å²) in [7, 11) is -3.11. The number of carbonyl (C=O) groups is 1. The van der Waals surface area contributed by atoms with Gasteiger partial charge in [-0.05, 0) is 38.3 Å². The highest BCUT2D eigenvalue weighted by Gasteiger charge is 2.27. The van der Waals surface area contributed by atoms with Crippen molar-refractivity contribution in [1.82, 2.24) is 0 Å². The summed E-state index contributed by atoms with van der Waals surface area (Å²) in [5.41, 5.74) is 2.12. The lowest BCUT2D eigenvalue weighted by molar-refractivity contribution is -0.131. The quantitative estimate of drug-likeness (QED) is 0.665. The van der Waals surface area contributed by atoms with Gasteiger partial charge >= 0.3 is 0 Å². The third kappa shape index (κ3) is 5.52. The minimum atomic E-state index is -3.11. The van der Waals surface area contributed by atoms with Crippen molar-refractivity contribution in [2.24, 2.45) is 0 Å². The van der Waals surface area contributed by atoms with Crippen LogP contribution in [-0.4, -0.2) is 32.1 Å². The molecule has 5 nitrogen and oxygen atoms in total. The number of para-hydroxylation sites is 1. The number of sulfone groups is 1. The van der Waals surface area contributed by atoms with Crippen LogP contribution in [0.5, 0.6) is 0 Å². The summed E-state index contributed by atoms with van der Waals surface area (Å²) in [4.78, 5) is 9.39. The summed E-state index contributed by atoms with van der Waals surface area (Å²) in [6.07, 6.45) is 2.91. The average molecular weight is 325 g/mol. The van der Waals surface area contributed by atoms with Gasteiger partial charge in [0, 0.05) is 5.69 Å². The average Bonchev–Trinajstić information content (AvgIpc) is 2.47. The molecule has 1 aliphatic rings. The summed E-state index contributed by atoms with van der Waals surface area (Å²) in [6, 6.07) is 7.83. The van der Waals surface area contributed by atoms with Gasteiger partial charge in [-0.25, -0.2) is 8.42 Å². The van der Waals surface area contributed by atoms with Gasteiger partial charge in [0.05, 0.1) is 11.9 Å². The van der Waals surface area contributed by atoms with Gasteiger partial charge in [-0.1, -0.05) is 24.3 Å². The van der Waals surface area contributed by atoms with Crippen molar-refractivity contribution in [2.45, 2.75) is 38.2 Å². The second-order valence-corrected chi connectivity index (χ2v) is 7.46. The molecule has 1 atom stereocenters. The molecule has 1 N–H and O–H groups in total. The van der Waals surface area contributed by atoms with Gasteiger partial charge in [0.25, 0.3) is 6.47 Å². The Morgan fingerprint density at radius 1 is 1.41 bits per heavy atom. The first kappa shape index (κ1) is 18.2. The van der Waals surface area contributed by atoms with Crippen LogP contribution in [0.1, 0.15) is 25.8 Å². The molecule has 1 aromatic rings.